The zero-order chi connectivity index (χ0) is 22.8. The lowest BCUT2D eigenvalue weighted by Crippen LogP contribution is -2.23. The first kappa shape index (κ1) is 21.7. The number of hydrogen-bond donors (Lipinski definition) is 1. The van der Waals surface area contributed by atoms with Crippen LogP contribution < -0.4 is 5.56 Å². The third-order valence-electron chi connectivity index (χ3n) is 5.21. The minimum atomic E-state index is -1.01. The van der Waals surface area contributed by atoms with Crippen molar-refractivity contribution in [3.05, 3.63) is 86.6 Å². The number of halogens is 1. The molecule has 0 fully saturated rings. The van der Waals surface area contributed by atoms with Crippen molar-refractivity contribution in [3.8, 4) is 11.3 Å². The van der Waals surface area contributed by atoms with Gasteiger partial charge in [-0.2, -0.15) is 9.78 Å². The van der Waals surface area contributed by atoms with Crippen LogP contribution in [-0.4, -0.2) is 27.0 Å². The Morgan fingerprint density at radius 2 is 2.06 bits per heavy atom. The van der Waals surface area contributed by atoms with Gasteiger partial charge in [0.25, 0.3) is 5.56 Å². The third kappa shape index (κ3) is 4.27. The van der Waals surface area contributed by atoms with E-state index in [1.807, 2.05) is 26.0 Å². The molecule has 7 nitrogen and oxygen atoms in total. The van der Waals surface area contributed by atoms with Crippen LogP contribution in [0.3, 0.4) is 0 Å². The minimum Gasteiger partial charge on any atom is -0.478 e. The molecule has 0 aliphatic heterocycles. The fraction of sp³-hybridized carbons (Fsp3) is 0.167. The smallest absolute Gasteiger partial charge is 0.335 e. The van der Waals surface area contributed by atoms with Gasteiger partial charge in [0.1, 0.15) is 17.3 Å². The molecule has 2 aromatic carbocycles. The number of furan rings is 1. The van der Waals surface area contributed by atoms with E-state index in [0.717, 1.165) is 10.9 Å². The number of fused-ring (bicyclic) bond motifs is 1. The average molecular weight is 494 g/mol. The molecule has 8 heteroatoms. The van der Waals surface area contributed by atoms with Crippen LogP contribution in [0.5, 0.6) is 0 Å². The number of carbonyl (C=O) groups is 1. The van der Waals surface area contributed by atoms with E-state index >= 15 is 0 Å². The second kappa shape index (κ2) is 8.92. The van der Waals surface area contributed by atoms with Crippen molar-refractivity contribution < 1.29 is 14.3 Å². The Morgan fingerprint density at radius 3 is 2.81 bits per heavy atom. The van der Waals surface area contributed by atoms with E-state index in [1.165, 1.54) is 17.0 Å². The number of carboxylic acid groups (broad SMARTS) is 1. The fourth-order valence-corrected chi connectivity index (χ4v) is 3.64. The van der Waals surface area contributed by atoms with Crippen LogP contribution in [0, 0.1) is 0 Å². The Bertz CT molecular complexity index is 1400. The van der Waals surface area contributed by atoms with E-state index in [9.17, 15) is 14.7 Å². The Morgan fingerprint density at radius 1 is 1.25 bits per heavy atom. The van der Waals surface area contributed by atoms with Crippen LogP contribution in [0.25, 0.3) is 22.2 Å². The molecule has 2 heterocycles. The Hall–Kier alpha value is -3.52. The number of aromatic carboxylic acids is 1. The maximum atomic E-state index is 13.2. The number of hydrogen-bond acceptors (Lipinski definition) is 5. The van der Waals surface area contributed by atoms with Gasteiger partial charge in [0, 0.05) is 16.0 Å². The molecule has 0 radical (unpaired) electrons. The lowest BCUT2D eigenvalue weighted by Gasteiger charge is -2.13. The van der Waals surface area contributed by atoms with Crippen molar-refractivity contribution in [2.24, 2.45) is 5.10 Å². The first-order chi connectivity index (χ1) is 15.4. The molecule has 0 unspecified atom stereocenters. The van der Waals surface area contributed by atoms with Gasteiger partial charge in [-0.25, -0.2) is 9.78 Å². The van der Waals surface area contributed by atoms with E-state index in [4.69, 9.17) is 4.42 Å². The van der Waals surface area contributed by atoms with Crippen molar-refractivity contribution >= 4 is 39.0 Å². The van der Waals surface area contributed by atoms with E-state index in [-0.39, 0.29) is 17.0 Å². The third-order valence-corrected chi connectivity index (χ3v) is 5.70. The quantitative estimate of drug-likeness (QED) is 0.357. The Kier molecular flexibility index (Phi) is 6.05. The highest BCUT2D eigenvalue weighted by atomic mass is 79.9. The summed E-state index contributed by atoms with van der Waals surface area (Å²) in [6, 6.07) is 15.3. The van der Waals surface area contributed by atoms with Crippen LogP contribution in [0.2, 0.25) is 0 Å². The number of rotatable bonds is 6. The minimum absolute atomic E-state index is 0.0267. The molecule has 0 spiro atoms. The SMILES string of the molecule is CC[C@H](C)c1nc2ccc(Br)cc2c(=O)n1N=Cc1ccc(-c2cccc(C(=O)O)c2)o1. The van der Waals surface area contributed by atoms with Gasteiger partial charge in [-0.15, -0.1) is 0 Å². The van der Waals surface area contributed by atoms with Gasteiger partial charge in [0.05, 0.1) is 22.7 Å². The van der Waals surface area contributed by atoms with Crippen LogP contribution in [0.1, 0.15) is 48.1 Å². The van der Waals surface area contributed by atoms with Gasteiger partial charge in [0.2, 0.25) is 0 Å². The summed E-state index contributed by atoms with van der Waals surface area (Å²) in [6.45, 7) is 4.03. The summed E-state index contributed by atoms with van der Waals surface area (Å²) in [7, 11) is 0. The number of carboxylic acids is 1. The molecule has 0 aliphatic rings. The maximum absolute atomic E-state index is 13.2. The monoisotopic (exact) mass is 493 g/mol. The molecule has 4 rings (SSSR count). The summed E-state index contributed by atoms with van der Waals surface area (Å²) < 4.78 is 7.92. The predicted molar refractivity (Wildman–Crippen MR) is 127 cm³/mol. The van der Waals surface area contributed by atoms with Crippen LogP contribution >= 0.6 is 15.9 Å². The highest BCUT2D eigenvalue weighted by Gasteiger charge is 2.16. The lowest BCUT2D eigenvalue weighted by molar-refractivity contribution is 0.0697. The Balaban J connectivity index is 1.74. The van der Waals surface area contributed by atoms with Crippen LogP contribution in [-0.2, 0) is 0 Å². The normalized spacial score (nSPS) is 12.5. The highest BCUT2D eigenvalue weighted by Crippen LogP contribution is 2.23. The molecule has 0 amide bonds. The second-order valence-corrected chi connectivity index (χ2v) is 8.31. The average Bonchev–Trinajstić information content (AvgIpc) is 3.27. The molecule has 0 saturated carbocycles. The van der Waals surface area contributed by atoms with E-state index in [0.29, 0.717) is 33.8 Å². The van der Waals surface area contributed by atoms with Crippen LogP contribution in [0.4, 0.5) is 0 Å². The van der Waals surface area contributed by atoms with Gasteiger partial charge in [0.15, 0.2) is 0 Å². The molecular formula is C24H20BrN3O4. The molecule has 0 saturated heterocycles. The highest BCUT2D eigenvalue weighted by molar-refractivity contribution is 9.10. The van der Waals surface area contributed by atoms with Crippen molar-refractivity contribution in [1.82, 2.24) is 9.66 Å². The van der Waals surface area contributed by atoms with Crippen molar-refractivity contribution in [3.63, 3.8) is 0 Å². The van der Waals surface area contributed by atoms with Gasteiger partial charge in [-0.1, -0.05) is 41.9 Å². The number of benzene rings is 2. The molecule has 1 N–H and O–H groups in total. The molecule has 32 heavy (non-hydrogen) atoms. The summed E-state index contributed by atoms with van der Waals surface area (Å²) in [6.07, 6.45) is 2.26. The summed E-state index contributed by atoms with van der Waals surface area (Å²) in [5.74, 6) is 0.526. The van der Waals surface area contributed by atoms with Crippen molar-refractivity contribution in [2.75, 3.05) is 0 Å². The first-order valence-electron chi connectivity index (χ1n) is 10.1. The summed E-state index contributed by atoms with van der Waals surface area (Å²) in [5, 5.41) is 14.0. The molecule has 0 bridgehead atoms. The zero-order valence-corrected chi connectivity index (χ0v) is 19.0. The zero-order valence-electron chi connectivity index (χ0n) is 17.4. The largest absolute Gasteiger partial charge is 0.478 e. The van der Waals surface area contributed by atoms with Gasteiger partial charge >= 0.3 is 5.97 Å². The molecule has 0 aliphatic carbocycles. The van der Waals surface area contributed by atoms with Crippen molar-refractivity contribution in [1.29, 1.82) is 0 Å². The summed E-state index contributed by atoms with van der Waals surface area (Å²) >= 11 is 3.40. The van der Waals surface area contributed by atoms with Crippen molar-refractivity contribution in [2.45, 2.75) is 26.2 Å². The number of aromatic nitrogens is 2. The Labute approximate surface area is 192 Å². The molecule has 162 valence electrons. The summed E-state index contributed by atoms with van der Waals surface area (Å²) in [5.41, 5.74) is 1.17. The lowest BCUT2D eigenvalue weighted by atomic mass is 10.1. The van der Waals surface area contributed by atoms with Gasteiger partial charge < -0.3 is 9.52 Å². The summed E-state index contributed by atoms with van der Waals surface area (Å²) in [4.78, 5) is 29.1. The van der Waals surface area contributed by atoms with E-state index in [1.54, 1.807) is 36.4 Å². The van der Waals surface area contributed by atoms with E-state index < -0.39 is 5.97 Å². The molecular weight excluding hydrogens is 474 g/mol. The van der Waals surface area contributed by atoms with Crippen LogP contribution in [0.15, 0.2) is 73.4 Å². The van der Waals surface area contributed by atoms with Gasteiger partial charge in [-0.05, 0) is 48.9 Å². The number of nitrogens with zero attached hydrogens (tertiary/aromatic N) is 3. The predicted octanol–water partition coefficient (Wildman–Crippen LogP) is 5.51. The molecule has 4 aromatic rings. The van der Waals surface area contributed by atoms with E-state index in [2.05, 4.69) is 26.0 Å². The van der Waals surface area contributed by atoms with Gasteiger partial charge in [-0.3, -0.25) is 4.79 Å². The standard InChI is InChI=1S/C24H20BrN3O4/c1-3-14(2)22-27-20-9-7-17(25)12-19(20)23(29)28(22)26-13-18-8-10-21(32-18)15-5-4-6-16(11-15)24(30)31/h4-14H,3H2,1-2H3,(H,30,31)/t14-/m0/s1. The second-order valence-electron chi connectivity index (χ2n) is 7.39. The molecule has 1 atom stereocenters. The fourth-order valence-electron chi connectivity index (χ4n) is 3.28. The maximum Gasteiger partial charge on any atom is 0.335 e. The molecule has 2 aromatic heterocycles. The topological polar surface area (TPSA) is 97.7 Å². The first-order valence-corrected chi connectivity index (χ1v) is 10.9.